The van der Waals surface area contributed by atoms with Crippen LogP contribution in [0.25, 0.3) is 0 Å². The number of aryl methyl sites for hydroxylation is 1. The Morgan fingerprint density at radius 3 is 3.00 bits per heavy atom. The van der Waals surface area contributed by atoms with Crippen molar-refractivity contribution in [1.82, 2.24) is 25.3 Å². The van der Waals surface area contributed by atoms with Crippen LogP contribution in [-0.2, 0) is 0 Å². The SMILES string of the molecule is Cc1[nH]ncc1C1CCN(C(=O)N[C@@H]2CCN(C#N)C2)C1. The first kappa shape index (κ1) is 13.7. The van der Waals surface area contributed by atoms with Gasteiger partial charge in [-0.15, -0.1) is 0 Å². The highest BCUT2D eigenvalue weighted by atomic mass is 16.2. The number of nitrogens with one attached hydrogen (secondary N) is 2. The van der Waals surface area contributed by atoms with Crippen molar-refractivity contribution < 1.29 is 4.79 Å². The normalized spacial score (nSPS) is 25.1. The first-order chi connectivity index (χ1) is 10.2. The summed E-state index contributed by atoms with van der Waals surface area (Å²) < 4.78 is 0. The highest BCUT2D eigenvalue weighted by molar-refractivity contribution is 5.75. The van der Waals surface area contributed by atoms with Gasteiger partial charge in [-0.2, -0.15) is 10.4 Å². The van der Waals surface area contributed by atoms with E-state index in [-0.39, 0.29) is 12.1 Å². The molecule has 21 heavy (non-hydrogen) atoms. The van der Waals surface area contributed by atoms with E-state index in [9.17, 15) is 4.79 Å². The fourth-order valence-corrected chi connectivity index (χ4v) is 3.21. The van der Waals surface area contributed by atoms with E-state index in [0.29, 0.717) is 12.5 Å². The number of aromatic nitrogens is 2. The molecule has 2 atom stereocenters. The summed E-state index contributed by atoms with van der Waals surface area (Å²) in [5.41, 5.74) is 2.30. The number of carbonyl (C=O) groups excluding carboxylic acids is 1. The van der Waals surface area contributed by atoms with Crippen LogP contribution >= 0.6 is 0 Å². The summed E-state index contributed by atoms with van der Waals surface area (Å²) in [5.74, 6) is 0.369. The first-order valence-electron chi connectivity index (χ1n) is 7.37. The molecule has 2 saturated heterocycles. The van der Waals surface area contributed by atoms with Gasteiger partial charge in [-0.25, -0.2) is 4.79 Å². The molecule has 112 valence electrons. The third kappa shape index (κ3) is 2.79. The Balaban J connectivity index is 1.53. The van der Waals surface area contributed by atoms with Crippen molar-refractivity contribution in [2.45, 2.75) is 31.7 Å². The molecule has 2 aliphatic rings. The van der Waals surface area contributed by atoms with Crippen molar-refractivity contribution in [2.24, 2.45) is 0 Å². The minimum Gasteiger partial charge on any atom is -0.333 e. The smallest absolute Gasteiger partial charge is 0.317 e. The Hall–Kier alpha value is -2.23. The summed E-state index contributed by atoms with van der Waals surface area (Å²) in [4.78, 5) is 15.8. The molecule has 1 aromatic rings. The van der Waals surface area contributed by atoms with Crippen LogP contribution in [0.3, 0.4) is 0 Å². The molecule has 3 heterocycles. The molecule has 2 N–H and O–H groups in total. The van der Waals surface area contributed by atoms with E-state index in [1.165, 1.54) is 5.56 Å². The lowest BCUT2D eigenvalue weighted by atomic mass is 10.00. The zero-order valence-corrected chi connectivity index (χ0v) is 12.2. The second kappa shape index (κ2) is 5.64. The molecular formula is C14H20N6O. The summed E-state index contributed by atoms with van der Waals surface area (Å²) in [5, 5.41) is 18.9. The summed E-state index contributed by atoms with van der Waals surface area (Å²) in [6, 6.07) is 0.0790. The summed E-state index contributed by atoms with van der Waals surface area (Å²) >= 11 is 0. The lowest BCUT2D eigenvalue weighted by Crippen LogP contribution is -2.44. The van der Waals surface area contributed by atoms with Crippen molar-refractivity contribution in [1.29, 1.82) is 5.26 Å². The summed E-state index contributed by atoms with van der Waals surface area (Å²) in [6.07, 6.45) is 5.81. The lowest BCUT2D eigenvalue weighted by molar-refractivity contribution is 0.204. The van der Waals surface area contributed by atoms with Gasteiger partial charge >= 0.3 is 6.03 Å². The lowest BCUT2D eigenvalue weighted by Gasteiger charge is -2.20. The van der Waals surface area contributed by atoms with Gasteiger partial charge in [-0.1, -0.05) is 0 Å². The molecule has 0 radical (unpaired) electrons. The van der Waals surface area contributed by atoms with E-state index in [4.69, 9.17) is 5.26 Å². The molecule has 7 nitrogen and oxygen atoms in total. The number of urea groups is 1. The number of hydrogen-bond acceptors (Lipinski definition) is 4. The Labute approximate surface area is 123 Å². The number of hydrogen-bond donors (Lipinski definition) is 2. The zero-order chi connectivity index (χ0) is 14.8. The largest absolute Gasteiger partial charge is 0.333 e. The van der Waals surface area contributed by atoms with Crippen LogP contribution < -0.4 is 5.32 Å². The first-order valence-corrected chi connectivity index (χ1v) is 7.37. The van der Waals surface area contributed by atoms with Crippen molar-refractivity contribution in [2.75, 3.05) is 26.2 Å². The highest BCUT2D eigenvalue weighted by Crippen LogP contribution is 2.28. The number of nitriles is 1. The fraction of sp³-hybridized carbons (Fsp3) is 0.643. The molecule has 3 rings (SSSR count). The molecule has 1 unspecified atom stereocenters. The van der Waals surface area contributed by atoms with Crippen molar-refractivity contribution in [3.8, 4) is 6.19 Å². The summed E-state index contributed by atoms with van der Waals surface area (Å²) in [7, 11) is 0. The maximum Gasteiger partial charge on any atom is 0.317 e. The second-order valence-corrected chi connectivity index (χ2v) is 5.86. The maximum atomic E-state index is 12.3. The number of amides is 2. The average Bonchev–Trinajstić information content (AvgIpc) is 3.17. The Morgan fingerprint density at radius 1 is 1.48 bits per heavy atom. The molecule has 2 amide bonds. The Morgan fingerprint density at radius 2 is 2.33 bits per heavy atom. The van der Waals surface area contributed by atoms with Crippen LogP contribution in [0.1, 0.15) is 30.0 Å². The maximum absolute atomic E-state index is 12.3. The quantitative estimate of drug-likeness (QED) is 0.787. The molecule has 0 aromatic carbocycles. The monoisotopic (exact) mass is 288 g/mol. The number of carbonyl (C=O) groups is 1. The van der Waals surface area contributed by atoms with E-state index in [2.05, 4.69) is 21.7 Å². The van der Waals surface area contributed by atoms with Gasteiger partial charge in [-0.05, 0) is 25.3 Å². The molecule has 0 aliphatic carbocycles. The fourth-order valence-electron chi connectivity index (χ4n) is 3.21. The Bertz CT molecular complexity index is 562. The van der Waals surface area contributed by atoms with Crippen LogP contribution in [0.2, 0.25) is 0 Å². The van der Waals surface area contributed by atoms with Crippen LogP contribution in [0.4, 0.5) is 4.79 Å². The van der Waals surface area contributed by atoms with Gasteiger partial charge < -0.3 is 15.1 Å². The number of nitrogens with zero attached hydrogens (tertiary/aromatic N) is 4. The highest BCUT2D eigenvalue weighted by Gasteiger charge is 2.31. The van der Waals surface area contributed by atoms with Crippen LogP contribution in [-0.4, -0.2) is 58.2 Å². The van der Waals surface area contributed by atoms with E-state index in [0.717, 1.165) is 38.2 Å². The topological polar surface area (TPSA) is 88.1 Å². The second-order valence-electron chi connectivity index (χ2n) is 5.86. The molecule has 0 spiro atoms. The minimum atomic E-state index is -0.0107. The van der Waals surface area contributed by atoms with Crippen LogP contribution in [0.5, 0.6) is 0 Å². The van der Waals surface area contributed by atoms with Crippen molar-refractivity contribution >= 4 is 6.03 Å². The van der Waals surface area contributed by atoms with Crippen LogP contribution in [0.15, 0.2) is 6.20 Å². The van der Waals surface area contributed by atoms with Gasteiger partial charge in [0.2, 0.25) is 0 Å². The van der Waals surface area contributed by atoms with Crippen LogP contribution in [0, 0.1) is 18.4 Å². The van der Waals surface area contributed by atoms with Gasteiger partial charge in [0.05, 0.1) is 12.2 Å². The molecule has 7 heteroatoms. The molecule has 0 bridgehead atoms. The number of aromatic amines is 1. The number of likely N-dealkylation sites (tertiary alicyclic amines) is 2. The van der Waals surface area contributed by atoms with Crippen molar-refractivity contribution in [3.63, 3.8) is 0 Å². The third-order valence-electron chi connectivity index (χ3n) is 4.44. The molecule has 0 saturated carbocycles. The van der Waals surface area contributed by atoms with Gasteiger partial charge in [0, 0.05) is 37.8 Å². The van der Waals surface area contributed by atoms with E-state index in [1.54, 1.807) is 4.90 Å². The van der Waals surface area contributed by atoms with Gasteiger partial charge in [0.25, 0.3) is 0 Å². The standard InChI is InChI=1S/C14H20N6O/c1-10-13(6-16-18-10)11-2-5-20(7-11)14(21)17-12-3-4-19(8-12)9-15/h6,11-12H,2-5,7-8H2,1H3,(H,16,18)(H,17,21)/t11?,12-/m1/s1. The summed E-state index contributed by atoms with van der Waals surface area (Å²) in [6.45, 7) is 4.88. The average molecular weight is 288 g/mol. The minimum absolute atomic E-state index is 0.0107. The number of rotatable bonds is 2. The van der Waals surface area contributed by atoms with Gasteiger partial charge in [0.15, 0.2) is 6.19 Å². The molecule has 2 fully saturated rings. The predicted octanol–water partition coefficient (Wildman–Crippen LogP) is 0.772. The van der Waals surface area contributed by atoms with E-state index < -0.39 is 0 Å². The van der Waals surface area contributed by atoms with Crippen molar-refractivity contribution in [3.05, 3.63) is 17.5 Å². The van der Waals surface area contributed by atoms with E-state index in [1.807, 2.05) is 18.0 Å². The zero-order valence-electron chi connectivity index (χ0n) is 12.2. The molecule has 2 aliphatic heterocycles. The molecule has 1 aromatic heterocycles. The number of H-pyrrole nitrogens is 1. The molecular weight excluding hydrogens is 268 g/mol. The van der Waals surface area contributed by atoms with Gasteiger partial charge in [-0.3, -0.25) is 5.10 Å². The predicted molar refractivity (Wildman–Crippen MR) is 76.4 cm³/mol. The van der Waals surface area contributed by atoms with E-state index >= 15 is 0 Å². The van der Waals surface area contributed by atoms with Gasteiger partial charge in [0.1, 0.15) is 0 Å². The third-order valence-corrected chi connectivity index (χ3v) is 4.44. The Kier molecular flexibility index (Phi) is 3.69.